The molecule has 0 aliphatic carbocycles. The van der Waals surface area contributed by atoms with Crippen LogP contribution in [0.5, 0.6) is 0 Å². The van der Waals surface area contributed by atoms with Crippen LogP contribution < -0.4 is 5.32 Å². The molecule has 0 aliphatic rings. The highest BCUT2D eigenvalue weighted by Crippen LogP contribution is 2.18. The summed E-state index contributed by atoms with van der Waals surface area (Å²) in [4.78, 5) is 3.97. The zero-order valence-corrected chi connectivity index (χ0v) is 11.5. The molecule has 0 aromatic carbocycles. The summed E-state index contributed by atoms with van der Waals surface area (Å²) in [6, 6.07) is 1.39. The van der Waals surface area contributed by atoms with Gasteiger partial charge in [-0.15, -0.1) is 0 Å². The van der Waals surface area contributed by atoms with Crippen LogP contribution in [0.25, 0.3) is 0 Å². The number of aromatic nitrogens is 1. The lowest BCUT2D eigenvalue weighted by molar-refractivity contribution is 0.255. The Morgan fingerprint density at radius 3 is 2.88 bits per heavy atom. The minimum atomic E-state index is -0.362. The number of halogens is 2. The number of hydrogen-bond acceptors (Lipinski definition) is 3. The summed E-state index contributed by atoms with van der Waals surface area (Å²) in [7, 11) is 0. The molecule has 0 saturated heterocycles. The van der Waals surface area contributed by atoms with E-state index in [1.165, 1.54) is 6.07 Å². The first-order chi connectivity index (χ1) is 8.17. The van der Waals surface area contributed by atoms with E-state index in [4.69, 9.17) is 5.11 Å². The monoisotopic (exact) mass is 304 g/mol. The molecule has 1 unspecified atom stereocenters. The smallest absolute Gasteiger partial charge is 0.166 e. The van der Waals surface area contributed by atoms with Gasteiger partial charge in [-0.25, -0.2) is 9.37 Å². The van der Waals surface area contributed by atoms with Crippen molar-refractivity contribution in [3.8, 4) is 0 Å². The molecular weight excluding hydrogens is 287 g/mol. The van der Waals surface area contributed by atoms with Crippen molar-refractivity contribution >= 4 is 21.7 Å². The van der Waals surface area contributed by atoms with Crippen LogP contribution in [-0.4, -0.2) is 23.2 Å². The molecule has 0 aliphatic heterocycles. The van der Waals surface area contributed by atoms with Gasteiger partial charge in [-0.05, 0) is 40.8 Å². The van der Waals surface area contributed by atoms with Gasteiger partial charge in [-0.1, -0.05) is 13.3 Å². The highest BCUT2D eigenvalue weighted by atomic mass is 79.9. The van der Waals surface area contributed by atoms with Crippen molar-refractivity contribution in [1.82, 2.24) is 4.98 Å². The zero-order chi connectivity index (χ0) is 12.7. The van der Waals surface area contributed by atoms with E-state index in [0.29, 0.717) is 16.9 Å². The minimum Gasteiger partial charge on any atom is -0.396 e. The van der Waals surface area contributed by atoms with Gasteiger partial charge in [0.2, 0.25) is 0 Å². The maximum absolute atomic E-state index is 13.5. The van der Waals surface area contributed by atoms with Gasteiger partial charge < -0.3 is 10.4 Å². The Labute approximate surface area is 110 Å². The van der Waals surface area contributed by atoms with E-state index in [9.17, 15) is 4.39 Å². The third-order valence-corrected chi connectivity index (χ3v) is 3.03. The first kappa shape index (κ1) is 14.4. The predicted molar refractivity (Wildman–Crippen MR) is 70.5 cm³/mol. The van der Waals surface area contributed by atoms with E-state index < -0.39 is 0 Å². The minimum absolute atomic E-state index is 0.169. The average molecular weight is 305 g/mol. The van der Waals surface area contributed by atoms with Gasteiger partial charge in [0.05, 0.1) is 0 Å². The van der Waals surface area contributed by atoms with Crippen molar-refractivity contribution in [2.45, 2.75) is 26.2 Å². The Morgan fingerprint density at radius 2 is 2.29 bits per heavy atom. The van der Waals surface area contributed by atoms with Crippen molar-refractivity contribution in [3.63, 3.8) is 0 Å². The fraction of sp³-hybridized carbons (Fsp3) is 0.583. The van der Waals surface area contributed by atoms with Crippen molar-refractivity contribution in [2.75, 3.05) is 18.5 Å². The number of hydrogen-bond donors (Lipinski definition) is 2. The third-order valence-electron chi connectivity index (χ3n) is 2.60. The summed E-state index contributed by atoms with van der Waals surface area (Å²) in [5.74, 6) is 0.265. The van der Waals surface area contributed by atoms with Gasteiger partial charge in [0.1, 0.15) is 0 Å². The van der Waals surface area contributed by atoms with Crippen molar-refractivity contribution in [1.29, 1.82) is 0 Å². The van der Waals surface area contributed by atoms with Crippen LogP contribution in [0.3, 0.4) is 0 Å². The molecule has 1 atom stereocenters. The lowest BCUT2D eigenvalue weighted by atomic mass is 10.0. The van der Waals surface area contributed by atoms with Crippen LogP contribution in [0, 0.1) is 11.7 Å². The number of nitrogens with zero attached hydrogens (tertiary/aromatic N) is 1. The first-order valence-electron chi connectivity index (χ1n) is 5.83. The molecule has 5 heteroatoms. The van der Waals surface area contributed by atoms with Crippen molar-refractivity contribution in [3.05, 3.63) is 22.6 Å². The summed E-state index contributed by atoms with van der Waals surface area (Å²) >= 11 is 3.16. The van der Waals surface area contributed by atoms with Crippen LogP contribution in [0.1, 0.15) is 26.2 Å². The van der Waals surface area contributed by atoms with Gasteiger partial charge in [-0.3, -0.25) is 0 Å². The van der Waals surface area contributed by atoms with Crippen LogP contribution in [0.4, 0.5) is 10.2 Å². The van der Waals surface area contributed by atoms with E-state index in [1.54, 1.807) is 6.20 Å². The number of anilines is 1. The first-order valence-corrected chi connectivity index (χ1v) is 6.62. The van der Waals surface area contributed by atoms with Gasteiger partial charge in [0.15, 0.2) is 11.6 Å². The second kappa shape index (κ2) is 7.61. The molecule has 0 fully saturated rings. The van der Waals surface area contributed by atoms with E-state index >= 15 is 0 Å². The quantitative estimate of drug-likeness (QED) is 0.813. The lowest BCUT2D eigenvalue weighted by Crippen LogP contribution is -2.17. The van der Waals surface area contributed by atoms with E-state index in [1.807, 2.05) is 0 Å². The standard InChI is InChI=1S/C12H18BrFN2O/c1-2-3-9(4-5-17)7-15-12-11(14)6-10(13)8-16-12/h6,8-9,17H,2-5,7H2,1H3,(H,15,16). The number of rotatable bonds is 7. The largest absolute Gasteiger partial charge is 0.396 e. The number of aliphatic hydroxyl groups is 1. The Balaban J connectivity index is 2.52. The fourth-order valence-electron chi connectivity index (χ4n) is 1.72. The summed E-state index contributed by atoms with van der Waals surface area (Å²) in [5, 5.41) is 11.9. The van der Waals surface area contributed by atoms with Crippen molar-refractivity contribution < 1.29 is 9.50 Å². The molecule has 3 nitrogen and oxygen atoms in total. The SMILES string of the molecule is CCCC(CCO)CNc1ncc(Br)cc1F. The molecule has 96 valence electrons. The Hall–Kier alpha value is -0.680. The van der Waals surface area contributed by atoms with Gasteiger partial charge >= 0.3 is 0 Å². The van der Waals surface area contributed by atoms with Crippen LogP contribution >= 0.6 is 15.9 Å². The highest BCUT2D eigenvalue weighted by Gasteiger charge is 2.09. The molecule has 1 aromatic rings. The maximum Gasteiger partial charge on any atom is 0.166 e. The number of nitrogens with one attached hydrogen (secondary N) is 1. The summed E-state index contributed by atoms with van der Waals surface area (Å²) in [6.07, 6.45) is 4.37. The molecule has 1 heterocycles. The van der Waals surface area contributed by atoms with E-state index in [-0.39, 0.29) is 18.2 Å². The zero-order valence-electron chi connectivity index (χ0n) is 9.92. The Bertz CT molecular complexity index is 343. The molecule has 2 N–H and O–H groups in total. The lowest BCUT2D eigenvalue weighted by Gasteiger charge is -2.16. The molecule has 0 spiro atoms. The third kappa shape index (κ3) is 5.00. The number of aliphatic hydroxyl groups excluding tert-OH is 1. The molecule has 0 saturated carbocycles. The molecule has 0 amide bonds. The van der Waals surface area contributed by atoms with Gasteiger partial charge in [0.25, 0.3) is 0 Å². The van der Waals surface area contributed by atoms with Crippen LogP contribution in [-0.2, 0) is 0 Å². The molecule has 17 heavy (non-hydrogen) atoms. The van der Waals surface area contributed by atoms with Crippen molar-refractivity contribution in [2.24, 2.45) is 5.92 Å². The number of pyridine rings is 1. The molecule has 1 rings (SSSR count). The second-order valence-electron chi connectivity index (χ2n) is 4.03. The summed E-state index contributed by atoms with van der Waals surface area (Å²) in [5.41, 5.74) is 0. The van der Waals surface area contributed by atoms with Gasteiger partial charge in [0, 0.05) is 23.8 Å². The topological polar surface area (TPSA) is 45.1 Å². The molecule has 1 aromatic heterocycles. The Kier molecular flexibility index (Phi) is 6.44. The molecule has 0 radical (unpaired) electrons. The van der Waals surface area contributed by atoms with Gasteiger partial charge in [-0.2, -0.15) is 0 Å². The predicted octanol–water partition coefficient (Wildman–Crippen LogP) is 3.19. The molecule has 0 bridgehead atoms. The van der Waals surface area contributed by atoms with E-state index in [0.717, 1.165) is 19.3 Å². The van der Waals surface area contributed by atoms with Crippen LogP contribution in [0.2, 0.25) is 0 Å². The maximum atomic E-state index is 13.5. The summed E-state index contributed by atoms with van der Waals surface area (Å²) < 4.78 is 14.1. The fourth-order valence-corrected chi connectivity index (χ4v) is 2.03. The second-order valence-corrected chi connectivity index (χ2v) is 4.95. The normalized spacial score (nSPS) is 12.5. The Morgan fingerprint density at radius 1 is 1.53 bits per heavy atom. The van der Waals surface area contributed by atoms with E-state index in [2.05, 4.69) is 33.2 Å². The average Bonchev–Trinajstić information content (AvgIpc) is 2.28. The molecular formula is C12H18BrFN2O. The van der Waals surface area contributed by atoms with Crippen LogP contribution in [0.15, 0.2) is 16.7 Å². The highest BCUT2D eigenvalue weighted by molar-refractivity contribution is 9.10. The summed E-state index contributed by atoms with van der Waals surface area (Å²) in [6.45, 7) is 2.91.